The van der Waals surface area contributed by atoms with Gasteiger partial charge in [0.15, 0.2) is 0 Å². The smallest absolute Gasteiger partial charge is 0.106 e. The Balaban J connectivity index is 2.61. The summed E-state index contributed by atoms with van der Waals surface area (Å²) in [5, 5.41) is 26.1. The van der Waals surface area contributed by atoms with Gasteiger partial charge in [-0.3, -0.25) is 0 Å². The minimum Gasteiger partial charge on any atom is -0.399 e. The molecule has 23 heavy (non-hydrogen) atoms. The average Bonchev–Trinajstić information content (AvgIpc) is 2.54. The third-order valence-corrected chi connectivity index (χ3v) is 3.87. The summed E-state index contributed by atoms with van der Waals surface area (Å²) in [5.41, 5.74) is 5.20. The van der Waals surface area contributed by atoms with Gasteiger partial charge in [-0.05, 0) is 38.0 Å². The molecular formula is C18H18N4O. The molecule has 0 spiro atoms. The van der Waals surface area contributed by atoms with Crippen LogP contribution >= 0.6 is 0 Å². The van der Waals surface area contributed by atoms with Gasteiger partial charge < -0.3 is 10.2 Å². The lowest BCUT2D eigenvalue weighted by atomic mass is 9.81. The van der Waals surface area contributed by atoms with Crippen LogP contribution in [0.2, 0.25) is 0 Å². The molecule has 5 heteroatoms. The van der Waals surface area contributed by atoms with Crippen molar-refractivity contribution in [2.75, 3.05) is 7.11 Å². The number of hydrogen-bond acceptors (Lipinski definition) is 5. The highest BCUT2D eigenvalue weighted by Crippen LogP contribution is 2.37. The highest BCUT2D eigenvalue weighted by molar-refractivity contribution is 5.98. The number of allylic oxidation sites excluding steroid dienone is 4. The SMILES string of the molecule is CON=C(C)c1cccc(C2C(C#N)=C(C)NC(C)=C2C#N)c1. The molecule has 1 aliphatic heterocycles. The quantitative estimate of drug-likeness (QED) is 0.686. The Bertz CT molecular complexity index is 767. The zero-order valence-electron chi connectivity index (χ0n) is 13.6. The van der Waals surface area contributed by atoms with E-state index in [1.54, 1.807) is 0 Å². The molecule has 0 atom stereocenters. The van der Waals surface area contributed by atoms with Crippen LogP contribution in [0.4, 0.5) is 0 Å². The molecule has 1 aliphatic rings. The van der Waals surface area contributed by atoms with Crippen LogP contribution in [0.1, 0.15) is 37.8 Å². The number of hydrogen-bond donors (Lipinski definition) is 1. The maximum Gasteiger partial charge on any atom is 0.106 e. The van der Waals surface area contributed by atoms with E-state index in [1.165, 1.54) is 7.11 Å². The fourth-order valence-electron chi connectivity index (χ4n) is 2.76. The molecule has 1 N–H and O–H groups in total. The first-order valence-electron chi connectivity index (χ1n) is 7.20. The number of dihydropyridines is 1. The van der Waals surface area contributed by atoms with Gasteiger partial charge in [-0.1, -0.05) is 23.4 Å². The molecule has 0 saturated carbocycles. The van der Waals surface area contributed by atoms with Gasteiger partial charge in [-0.15, -0.1) is 0 Å². The number of rotatable bonds is 3. The Labute approximate surface area is 136 Å². The molecule has 1 heterocycles. The Morgan fingerprint density at radius 1 is 1.17 bits per heavy atom. The van der Waals surface area contributed by atoms with Crippen molar-refractivity contribution in [1.82, 2.24) is 5.32 Å². The van der Waals surface area contributed by atoms with E-state index in [2.05, 4.69) is 22.6 Å². The van der Waals surface area contributed by atoms with Crippen molar-refractivity contribution >= 4 is 5.71 Å². The van der Waals surface area contributed by atoms with Gasteiger partial charge in [0, 0.05) is 11.4 Å². The van der Waals surface area contributed by atoms with Crippen molar-refractivity contribution in [3.63, 3.8) is 0 Å². The lowest BCUT2D eigenvalue weighted by Gasteiger charge is -2.26. The van der Waals surface area contributed by atoms with Crippen LogP contribution < -0.4 is 5.32 Å². The average molecular weight is 306 g/mol. The molecule has 0 aliphatic carbocycles. The number of nitrogens with zero attached hydrogens (tertiary/aromatic N) is 3. The van der Waals surface area contributed by atoms with E-state index >= 15 is 0 Å². The minimum atomic E-state index is -0.360. The van der Waals surface area contributed by atoms with Gasteiger partial charge in [0.1, 0.15) is 7.11 Å². The van der Waals surface area contributed by atoms with Crippen LogP contribution in [-0.2, 0) is 4.84 Å². The molecular weight excluding hydrogens is 288 g/mol. The summed E-state index contributed by atoms with van der Waals surface area (Å²) in [6.07, 6.45) is 0. The molecule has 2 rings (SSSR count). The maximum atomic E-state index is 9.53. The van der Waals surface area contributed by atoms with Gasteiger partial charge in [0.25, 0.3) is 0 Å². The lowest BCUT2D eigenvalue weighted by Crippen LogP contribution is -2.23. The molecule has 1 aromatic carbocycles. The lowest BCUT2D eigenvalue weighted by molar-refractivity contribution is 0.213. The van der Waals surface area contributed by atoms with E-state index < -0.39 is 0 Å². The monoisotopic (exact) mass is 306 g/mol. The topological polar surface area (TPSA) is 81.2 Å². The fourth-order valence-corrected chi connectivity index (χ4v) is 2.76. The summed E-state index contributed by atoms with van der Waals surface area (Å²) in [4.78, 5) is 4.82. The zero-order valence-corrected chi connectivity index (χ0v) is 13.6. The van der Waals surface area contributed by atoms with Crippen LogP contribution in [0.15, 0.2) is 52.0 Å². The van der Waals surface area contributed by atoms with Gasteiger partial charge in [0.05, 0.1) is 34.9 Å². The van der Waals surface area contributed by atoms with Crippen molar-refractivity contribution in [3.8, 4) is 12.1 Å². The van der Waals surface area contributed by atoms with Crippen LogP contribution in [0.25, 0.3) is 0 Å². The number of benzene rings is 1. The summed E-state index contributed by atoms with van der Waals surface area (Å²) in [6.45, 7) is 5.55. The maximum absolute atomic E-state index is 9.53. The Morgan fingerprint density at radius 2 is 1.78 bits per heavy atom. The molecule has 0 amide bonds. The van der Waals surface area contributed by atoms with E-state index in [9.17, 15) is 10.5 Å². The second kappa shape index (κ2) is 6.81. The number of oxime groups is 1. The largest absolute Gasteiger partial charge is 0.399 e. The third-order valence-electron chi connectivity index (χ3n) is 3.87. The van der Waals surface area contributed by atoms with E-state index in [0.717, 1.165) is 28.2 Å². The molecule has 0 saturated heterocycles. The van der Waals surface area contributed by atoms with Gasteiger partial charge >= 0.3 is 0 Å². The predicted molar refractivity (Wildman–Crippen MR) is 88.2 cm³/mol. The van der Waals surface area contributed by atoms with Crippen molar-refractivity contribution in [2.24, 2.45) is 5.16 Å². The second-order valence-electron chi connectivity index (χ2n) is 5.34. The summed E-state index contributed by atoms with van der Waals surface area (Å²) >= 11 is 0. The molecule has 116 valence electrons. The first-order valence-corrected chi connectivity index (χ1v) is 7.20. The molecule has 0 unspecified atom stereocenters. The second-order valence-corrected chi connectivity index (χ2v) is 5.34. The zero-order chi connectivity index (χ0) is 17.0. The summed E-state index contributed by atoms with van der Waals surface area (Å²) in [7, 11) is 1.50. The van der Waals surface area contributed by atoms with Crippen LogP contribution in [0.5, 0.6) is 0 Å². The molecule has 0 radical (unpaired) electrons. The Hall–Kier alpha value is -3.05. The van der Waals surface area contributed by atoms with Crippen molar-refractivity contribution in [2.45, 2.75) is 26.7 Å². The normalized spacial score (nSPS) is 15.8. The highest BCUT2D eigenvalue weighted by Gasteiger charge is 2.29. The van der Waals surface area contributed by atoms with E-state index in [1.807, 2.05) is 45.0 Å². The summed E-state index contributed by atoms with van der Waals surface area (Å²) in [6, 6.07) is 12.2. The van der Waals surface area contributed by atoms with Crippen LogP contribution in [-0.4, -0.2) is 12.8 Å². The summed E-state index contributed by atoms with van der Waals surface area (Å²) < 4.78 is 0. The minimum absolute atomic E-state index is 0.360. The number of nitriles is 2. The van der Waals surface area contributed by atoms with Gasteiger partial charge in [-0.25, -0.2) is 0 Å². The first kappa shape index (κ1) is 16.3. The Kier molecular flexibility index (Phi) is 4.83. The van der Waals surface area contributed by atoms with Crippen LogP contribution in [0, 0.1) is 22.7 Å². The van der Waals surface area contributed by atoms with Crippen molar-refractivity contribution in [1.29, 1.82) is 10.5 Å². The van der Waals surface area contributed by atoms with E-state index in [-0.39, 0.29) is 5.92 Å². The molecule has 0 aromatic heterocycles. The summed E-state index contributed by atoms with van der Waals surface area (Å²) in [5.74, 6) is -0.360. The molecule has 0 fully saturated rings. The van der Waals surface area contributed by atoms with E-state index in [4.69, 9.17) is 4.84 Å². The highest BCUT2D eigenvalue weighted by atomic mass is 16.6. The number of nitrogens with one attached hydrogen (secondary N) is 1. The van der Waals surface area contributed by atoms with Gasteiger partial charge in [-0.2, -0.15) is 10.5 Å². The molecule has 5 nitrogen and oxygen atoms in total. The van der Waals surface area contributed by atoms with E-state index in [0.29, 0.717) is 11.1 Å². The predicted octanol–water partition coefficient (Wildman–Crippen LogP) is 3.34. The standard InChI is InChI=1S/C18H18N4O/c1-11(22-23-4)14-6-5-7-15(8-14)18-16(9-19)12(2)21-13(3)17(18)10-20/h5-8,18,21H,1-4H3. The first-order chi connectivity index (χ1) is 11.0. The van der Waals surface area contributed by atoms with Crippen molar-refractivity contribution < 1.29 is 4.84 Å². The Morgan fingerprint density at radius 3 is 2.30 bits per heavy atom. The fraction of sp³-hybridized carbons (Fsp3) is 0.278. The van der Waals surface area contributed by atoms with Gasteiger partial charge in [0.2, 0.25) is 0 Å². The third kappa shape index (κ3) is 3.09. The van der Waals surface area contributed by atoms with Crippen LogP contribution in [0.3, 0.4) is 0 Å². The molecule has 0 bridgehead atoms. The molecule has 1 aromatic rings. The van der Waals surface area contributed by atoms with Crippen molar-refractivity contribution in [3.05, 3.63) is 57.9 Å².